The number of rotatable bonds is 4. The average Bonchev–Trinajstić information content (AvgIpc) is 2.30. The number of ether oxygens (including phenoxy) is 1. The van der Waals surface area contributed by atoms with Gasteiger partial charge in [-0.1, -0.05) is 0 Å². The zero-order valence-corrected chi connectivity index (χ0v) is 8.63. The largest absolute Gasteiger partial charge is 0.480 e. The van der Waals surface area contributed by atoms with Gasteiger partial charge in [-0.05, 0) is 13.3 Å². The van der Waals surface area contributed by atoms with Crippen LogP contribution in [-0.2, 0) is 19.6 Å². The Morgan fingerprint density at radius 1 is 1.64 bits per heavy atom. The molecule has 1 fully saturated rings. The molecular weight excluding hydrogens is 210 g/mol. The van der Waals surface area contributed by atoms with Gasteiger partial charge in [-0.2, -0.15) is 0 Å². The summed E-state index contributed by atoms with van der Waals surface area (Å²) in [5, 5.41) is 8.36. The van der Waals surface area contributed by atoms with Crippen LogP contribution >= 0.6 is 0 Å². The Hall–Kier alpha value is -0.660. The second kappa shape index (κ2) is 3.84. The lowest BCUT2D eigenvalue weighted by Gasteiger charge is -2.22. The summed E-state index contributed by atoms with van der Waals surface area (Å²) in [5.74, 6) is -2.26. The van der Waals surface area contributed by atoms with Crippen molar-refractivity contribution in [2.24, 2.45) is 0 Å². The summed E-state index contributed by atoms with van der Waals surface area (Å²) < 4.78 is 29.9. The molecule has 6 nitrogen and oxygen atoms in total. The number of hydrogen-bond donors (Lipinski definition) is 2. The van der Waals surface area contributed by atoms with Crippen LogP contribution in [0.3, 0.4) is 0 Å². The van der Waals surface area contributed by atoms with Gasteiger partial charge in [0.1, 0.15) is 0 Å². The second-order valence-electron chi connectivity index (χ2n) is 3.62. The number of sulfonamides is 1. The normalized spacial score (nSPS) is 27.8. The van der Waals surface area contributed by atoms with Crippen molar-refractivity contribution in [3.05, 3.63) is 0 Å². The Balaban J connectivity index is 2.62. The lowest BCUT2D eigenvalue weighted by atomic mass is 10.0. The molecule has 0 spiro atoms. The van der Waals surface area contributed by atoms with Crippen LogP contribution in [0.25, 0.3) is 0 Å². The van der Waals surface area contributed by atoms with Crippen LogP contribution in [0.1, 0.15) is 13.3 Å². The smallest absolute Gasteiger partial charge is 0.320 e. The molecule has 0 bridgehead atoms. The summed E-state index contributed by atoms with van der Waals surface area (Å²) in [7, 11) is -3.75. The Morgan fingerprint density at radius 3 is 2.71 bits per heavy atom. The highest BCUT2D eigenvalue weighted by molar-refractivity contribution is 7.90. The predicted octanol–water partition coefficient (Wildman–Crippen LogP) is -0.831. The van der Waals surface area contributed by atoms with E-state index >= 15 is 0 Å². The molecule has 1 atom stereocenters. The van der Waals surface area contributed by atoms with E-state index in [1.807, 2.05) is 0 Å². The SMILES string of the molecule is CC1(NS(=O)(=O)CC(=O)O)CCOC1. The van der Waals surface area contributed by atoms with E-state index in [2.05, 4.69) is 4.72 Å². The zero-order chi connectivity index (χ0) is 10.8. The number of aliphatic carboxylic acids is 1. The summed E-state index contributed by atoms with van der Waals surface area (Å²) in [6.45, 7) is 2.47. The predicted molar refractivity (Wildman–Crippen MR) is 48.4 cm³/mol. The van der Waals surface area contributed by atoms with E-state index in [0.717, 1.165) is 0 Å². The molecule has 14 heavy (non-hydrogen) atoms. The van der Waals surface area contributed by atoms with Gasteiger partial charge in [0.05, 0.1) is 12.1 Å². The van der Waals surface area contributed by atoms with E-state index < -0.39 is 27.3 Å². The maximum atomic E-state index is 11.3. The first-order valence-electron chi connectivity index (χ1n) is 4.14. The van der Waals surface area contributed by atoms with Gasteiger partial charge in [0.15, 0.2) is 5.75 Å². The molecule has 82 valence electrons. The Kier molecular flexibility index (Phi) is 3.13. The van der Waals surface area contributed by atoms with Crippen molar-refractivity contribution >= 4 is 16.0 Å². The van der Waals surface area contributed by atoms with E-state index in [1.165, 1.54) is 0 Å². The van der Waals surface area contributed by atoms with Crippen molar-refractivity contribution in [2.45, 2.75) is 18.9 Å². The average molecular weight is 223 g/mol. The summed E-state index contributed by atoms with van der Waals surface area (Å²) in [6.07, 6.45) is 0.561. The van der Waals surface area contributed by atoms with E-state index in [9.17, 15) is 13.2 Å². The van der Waals surface area contributed by atoms with Crippen molar-refractivity contribution in [1.29, 1.82) is 0 Å². The number of carboxylic acid groups (broad SMARTS) is 1. The maximum Gasteiger partial charge on any atom is 0.320 e. The van der Waals surface area contributed by atoms with E-state index in [1.54, 1.807) is 6.92 Å². The van der Waals surface area contributed by atoms with Crippen molar-refractivity contribution in [1.82, 2.24) is 4.72 Å². The van der Waals surface area contributed by atoms with Gasteiger partial charge in [0.2, 0.25) is 10.0 Å². The first-order chi connectivity index (χ1) is 6.33. The molecule has 0 aromatic rings. The van der Waals surface area contributed by atoms with E-state index in [-0.39, 0.29) is 6.61 Å². The van der Waals surface area contributed by atoms with Gasteiger partial charge in [-0.3, -0.25) is 4.79 Å². The van der Waals surface area contributed by atoms with Crippen molar-refractivity contribution in [3.8, 4) is 0 Å². The Morgan fingerprint density at radius 2 is 2.29 bits per heavy atom. The van der Waals surface area contributed by atoms with Crippen LogP contribution in [0.2, 0.25) is 0 Å². The molecule has 1 aliphatic rings. The molecule has 2 N–H and O–H groups in total. The van der Waals surface area contributed by atoms with E-state index in [4.69, 9.17) is 9.84 Å². The van der Waals surface area contributed by atoms with Gasteiger partial charge in [-0.25, -0.2) is 13.1 Å². The van der Waals surface area contributed by atoms with Crippen LogP contribution in [0, 0.1) is 0 Å². The molecule has 1 aliphatic heterocycles. The highest BCUT2D eigenvalue weighted by Gasteiger charge is 2.34. The summed E-state index contributed by atoms with van der Waals surface area (Å²) in [6, 6.07) is 0. The number of carbonyl (C=O) groups is 1. The zero-order valence-electron chi connectivity index (χ0n) is 7.82. The number of hydrogen-bond acceptors (Lipinski definition) is 4. The molecule has 1 saturated heterocycles. The second-order valence-corrected chi connectivity index (χ2v) is 5.34. The molecule has 0 aromatic heterocycles. The number of carboxylic acids is 1. The highest BCUT2D eigenvalue weighted by Crippen LogP contribution is 2.18. The topological polar surface area (TPSA) is 92.7 Å². The van der Waals surface area contributed by atoms with Crippen LogP contribution in [0.5, 0.6) is 0 Å². The minimum Gasteiger partial charge on any atom is -0.480 e. The Bertz CT molecular complexity index is 317. The number of nitrogens with one attached hydrogen (secondary N) is 1. The highest BCUT2D eigenvalue weighted by atomic mass is 32.2. The molecule has 0 aromatic carbocycles. The van der Waals surface area contributed by atoms with Gasteiger partial charge < -0.3 is 9.84 Å². The van der Waals surface area contributed by atoms with Gasteiger partial charge in [-0.15, -0.1) is 0 Å². The van der Waals surface area contributed by atoms with Crippen molar-refractivity contribution < 1.29 is 23.1 Å². The fourth-order valence-electron chi connectivity index (χ4n) is 1.32. The van der Waals surface area contributed by atoms with Gasteiger partial charge >= 0.3 is 5.97 Å². The molecule has 1 rings (SSSR count). The Labute approximate surface area is 82.3 Å². The lowest BCUT2D eigenvalue weighted by Crippen LogP contribution is -2.48. The van der Waals surface area contributed by atoms with Crippen LogP contribution < -0.4 is 4.72 Å². The quantitative estimate of drug-likeness (QED) is 0.649. The lowest BCUT2D eigenvalue weighted by molar-refractivity contribution is -0.134. The minimum absolute atomic E-state index is 0.284. The van der Waals surface area contributed by atoms with E-state index in [0.29, 0.717) is 13.0 Å². The molecular formula is C7H13NO5S. The summed E-state index contributed by atoms with van der Waals surface area (Å²) >= 11 is 0. The van der Waals surface area contributed by atoms with Crippen LogP contribution in [0.15, 0.2) is 0 Å². The third-order valence-corrected chi connectivity index (χ3v) is 3.36. The molecule has 7 heteroatoms. The molecule has 1 unspecified atom stereocenters. The molecule has 1 heterocycles. The van der Waals surface area contributed by atoms with Crippen molar-refractivity contribution in [2.75, 3.05) is 19.0 Å². The van der Waals surface area contributed by atoms with Crippen LogP contribution in [-0.4, -0.2) is 44.0 Å². The summed E-state index contributed by atoms with van der Waals surface area (Å²) in [5.41, 5.74) is -0.658. The standard InChI is InChI=1S/C7H13NO5S/c1-7(2-3-13-5-7)8-14(11,12)4-6(9)10/h8H,2-5H2,1H3,(H,9,10). The molecule has 0 radical (unpaired) electrons. The molecule has 0 saturated carbocycles. The monoisotopic (exact) mass is 223 g/mol. The first-order valence-corrected chi connectivity index (χ1v) is 5.79. The third-order valence-electron chi connectivity index (χ3n) is 1.93. The van der Waals surface area contributed by atoms with Gasteiger partial charge in [0, 0.05) is 6.61 Å². The fourth-order valence-corrected chi connectivity index (χ4v) is 2.63. The van der Waals surface area contributed by atoms with Gasteiger partial charge in [0.25, 0.3) is 0 Å². The first kappa shape index (κ1) is 11.4. The summed E-state index contributed by atoms with van der Waals surface area (Å²) in [4.78, 5) is 10.2. The maximum absolute atomic E-state index is 11.3. The fraction of sp³-hybridized carbons (Fsp3) is 0.857. The third kappa shape index (κ3) is 3.24. The molecule has 0 amide bonds. The minimum atomic E-state index is -3.75. The molecule has 0 aliphatic carbocycles. The van der Waals surface area contributed by atoms with Crippen molar-refractivity contribution in [3.63, 3.8) is 0 Å². The van der Waals surface area contributed by atoms with Crippen LogP contribution in [0.4, 0.5) is 0 Å².